The molecule has 0 aromatic carbocycles. The van der Waals surface area contributed by atoms with E-state index in [0.29, 0.717) is 12.8 Å². The molecule has 13 nitrogen and oxygen atoms in total. The van der Waals surface area contributed by atoms with E-state index in [0.717, 1.165) is 89.9 Å². The number of allylic oxidation sites excluding steroid dienone is 6. The molecule has 2 saturated heterocycles. The Kier molecular flexibility index (Phi) is 51.4. The number of rotatable bonds is 52. The molecule has 2 unspecified atom stereocenters. The maximum absolute atomic E-state index is 12.6. The Morgan fingerprint density at radius 2 is 0.671 bits per heavy atom. The monoisotopic (exact) mass is 1120 g/mol. The molecular weight excluding hydrogens is 1000 g/mol. The number of carbonyl (C=O) groups is 3. The highest BCUT2D eigenvalue weighted by molar-refractivity contribution is 5.70. The van der Waals surface area contributed by atoms with Gasteiger partial charge in [-0.15, -0.1) is 0 Å². The molecule has 0 spiro atoms. The van der Waals surface area contributed by atoms with Crippen molar-refractivity contribution in [3.63, 3.8) is 0 Å². The van der Waals surface area contributed by atoms with E-state index in [1.54, 1.807) is 0 Å². The summed E-state index contributed by atoms with van der Waals surface area (Å²) in [5.74, 6) is -1.09. The van der Waals surface area contributed by atoms with E-state index in [1.165, 1.54) is 161 Å². The Hall–Kier alpha value is -2.65. The summed E-state index contributed by atoms with van der Waals surface area (Å²) in [4.78, 5) is 36.8. The summed E-state index contributed by atoms with van der Waals surface area (Å²) >= 11 is 0. The molecule has 0 amide bonds. The molecule has 2 aliphatic heterocycles. The standard InChI is InChI=1S/C42H76O7.C24H44O6/c1-3-5-7-9-11-13-15-17-19-21-23-25-27-29-31-33-39(44)47-36-38(42-41(46)37(43)35-48-42)49-40(45)34-32-30-28-26-24-22-20-18-16-14-12-10-8-6-4-2;1-2-3-4-5-6-7-8-9-10-11-12-13-14-15-16-17-22(27)29-19-21(26)24-23(28)20(25)18-30-24/h17-20,37-38,41-43,46H,3-16,21-36H2,1-2H3;9-10,20-21,23-26,28H,2-8,11-19H2,1H3/b19-17-,20-18-;10-9-/t37-,38?,41+,42-;20-,21?,23+,24-/m11/s1. The highest BCUT2D eigenvalue weighted by atomic mass is 16.6. The molecule has 5 N–H and O–H groups in total. The van der Waals surface area contributed by atoms with Crippen molar-refractivity contribution in [1.29, 1.82) is 0 Å². The van der Waals surface area contributed by atoms with Crippen molar-refractivity contribution in [1.82, 2.24) is 0 Å². The van der Waals surface area contributed by atoms with Gasteiger partial charge in [-0.3, -0.25) is 14.4 Å². The maximum atomic E-state index is 12.6. The molecule has 0 aromatic rings. The van der Waals surface area contributed by atoms with Crippen molar-refractivity contribution in [3.8, 4) is 0 Å². The van der Waals surface area contributed by atoms with Gasteiger partial charge in [-0.1, -0.05) is 211 Å². The van der Waals surface area contributed by atoms with Gasteiger partial charge < -0.3 is 49.2 Å². The molecule has 0 aliphatic carbocycles. The van der Waals surface area contributed by atoms with Crippen LogP contribution in [0.15, 0.2) is 36.5 Å². The first-order valence-electron chi connectivity index (χ1n) is 32.6. The minimum atomic E-state index is -1.19. The Bertz CT molecular complexity index is 1490. The zero-order valence-corrected chi connectivity index (χ0v) is 50.6. The van der Waals surface area contributed by atoms with Crippen molar-refractivity contribution in [3.05, 3.63) is 36.5 Å². The van der Waals surface area contributed by atoms with Crippen molar-refractivity contribution in [2.24, 2.45) is 0 Å². The van der Waals surface area contributed by atoms with Crippen LogP contribution in [0.5, 0.6) is 0 Å². The van der Waals surface area contributed by atoms with Crippen LogP contribution in [0, 0.1) is 0 Å². The van der Waals surface area contributed by atoms with E-state index in [9.17, 15) is 39.9 Å². The second-order valence-corrected chi connectivity index (χ2v) is 22.7. The summed E-state index contributed by atoms with van der Waals surface area (Å²) in [6.07, 6.45) is 53.1. The van der Waals surface area contributed by atoms with Crippen molar-refractivity contribution >= 4 is 17.9 Å². The lowest BCUT2D eigenvalue weighted by atomic mass is 10.1. The van der Waals surface area contributed by atoms with Crippen molar-refractivity contribution < 1.29 is 63.6 Å². The number of carbonyl (C=O) groups excluding carboxylic acids is 3. The van der Waals surface area contributed by atoms with Gasteiger partial charge in [0.25, 0.3) is 0 Å². The number of ether oxygens (including phenoxy) is 5. The van der Waals surface area contributed by atoms with Crippen LogP contribution in [0.3, 0.4) is 0 Å². The second kappa shape index (κ2) is 54.6. The van der Waals surface area contributed by atoms with E-state index in [1.807, 2.05) is 0 Å². The Morgan fingerprint density at radius 1 is 0.392 bits per heavy atom. The van der Waals surface area contributed by atoms with Crippen LogP contribution in [0.25, 0.3) is 0 Å². The zero-order chi connectivity index (χ0) is 57.7. The lowest BCUT2D eigenvalue weighted by molar-refractivity contribution is -0.170. The summed E-state index contributed by atoms with van der Waals surface area (Å²) < 4.78 is 26.8. The van der Waals surface area contributed by atoms with Crippen LogP contribution in [0.2, 0.25) is 0 Å². The molecular formula is C66H120O13. The van der Waals surface area contributed by atoms with E-state index >= 15 is 0 Å². The Balaban J connectivity index is 0.000000887. The molecule has 462 valence electrons. The smallest absolute Gasteiger partial charge is 0.306 e. The Labute approximate surface area is 481 Å². The second-order valence-electron chi connectivity index (χ2n) is 22.7. The summed E-state index contributed by atoms with van der Waals surface area (Å²) in [6, 6.07) is 0. The first kappa shape index (κ1) is 74.4. The Morgan fingerprint density at radius 3 is 0.987 bits per heavy atom. The third kappa shape index (κ3) is 43.7. The molecule has 8 atom stereocenters. The number of hydrogen-bond acceptors (Lipinski definition) is 13. The summed E-state index contributed by atoms with van der Waals surface area (Å²) in [5, 5.41) is 49.3. The average molecular weight is 1120 g/mol. The molecule has 2 heterocycles. The fourth-order valence-corrected chi connectivity index (χ4v) is 9.95. The third-order valence-electron chi connectivity index (χ3n) is 15.2. The van der Waals surface area contributed by atoms with Gasteiger partial charge in [-0.25, -0.2) is 0 Å². The van der Waals surface area contributed by atoms with Crippen LogP contribution < -0.4 is 0 Å². The fourth-order valence-electron chi connectivity index (χ4n) is 9.95. The van der Waals surface area contributed by atoms with Crippen LogP contribution in [-0.4, -0.2) is 119 Å². The largest absolute Gasteiger partial charge is 0.463 e. The molecule has 0 aromatic heterocycles. The predicted molar refractivity (Wildman–Crippen MR) is 320 cm³/mol. The molecule has 2 aliphatic rings. The van der Waals surface area contributed by atoms with Gasteiger partial charge in [0, 0.05) is 19.3 Å². The molecule has 0 radical (unpaired) electrons. The van der Waals surface area contributed by atoms with Gasteiger partial charge in [0.1, 0.15) is 55.9 Å². The summed E-state index contributed by atoms with van der Waals surface area (Å²) in [5.41, 5.74) is 0. The van der Waals surface area contributed by atoms with Crippen LogP contribution in [0.4, 0.5) is 0 Å². The van der Waals surface area contributed by atoms with Crippen LogP contribution in [-0.2, 0) is 38.1 Å². The van der Waals surface area contributed by atoms with Gasteiger partial charge >= 0.3 is 17.9 Å². The SMILES string of the molecule is CCCCCCCC/C=C\CCCCCCCC(=O)OCC(O)[C@H]1OC[C@@H](O)[C@@H]1O.CCCCCCCC/C=C\CCCCCCCC(=O)OCC(OC(=O)CCCCCCC/C=C\CCCCCCCC)[C@H]1OC[C@@H](O)[C@@H]1O. The molecule has 0 saturated carbocycles. The lowest BCUT2D eigenvalue weighted by Gasteiger charge is -2.25. The minimum absolute atomic E-state index is 0.0221. The van der Waals surface area contributed by atoms with Crippen molar-refractivity contribution in [2.45, 2.75) is 339 Å². The number of aliphatic hydroxyl groups is 5. The van der Waals surface area contributed by atoms with Crippen LogP contribution in [0.1, 0.15) is 290 Å². The molecule has 79 heavy (non-hydrogen) atoms. The van der Waals surface area contributed by atoms with Gasteiger partial charge in [-0.05, 0) is 96.3 Å². The first-order chi connectivity index (χ1) is 38.5. The quantitative estimate of drug-likeness (QED) is 0.0167. The van der Waals surface area contributed by atoms with Gasteiger partial charge in [0.05, 0.1) is 13.2 Å². The van der Waals surface area contributed by atoms with E-state index in [-0.39, 0.29) is 44.8 Å². The van der Waals surface area contributed by atoms with Gasteiger partial charge in [0.15, 0.2) is 6.10 Å². The number of unbranched alkanes of at least 4 members (excludes halogenated alkanes) is 33. The number of hydrogen-bond donors (Lipinski definition) is 5. The molecule has 2 rings (SSSR count). The number of aliphatic hydroxyl groups excluding tert-OH is 5. The van der Waals surface area contributed by atoms with Gasteiger partial charge in [0.2, 0.25) is 0 Å². The fraction of sp³-hybridized carbons (Fsp3) is 0.864. The van der Waals surface area contributed by atoms with Crippen LogP contribution >= 0.6 is 0 Å². The molecule has 2 fully saturated rings. The molecule has 13 heteroatoms. The highest BCUT2D eigenvalue weighted by Gasteiger charge is 2.42. The third-order valence-corrected chi connectivity index (χ3v) is 15.2. The van der Waals surface area contributed by atoms with E-state index in [2.05, 4.69) is 57.2 Å². The highest BCUT2D eigenvalue weighted by Crippen LogP contribution is 2.23. The maximum Gasteiger partial charge on any atom is 0.306 e. The predicted octanol–water partition coefficient (Wildman–Crippen LogP) is 14.7. The lowest BCUT2D eigenvalue weighted by Crippen LogP contribution is -2.44. The zero-order valence-electron chi connectivity index (χ0n) is 50.6. The topological polar surface area (TPSA) is 199 Å². The minimum Gasteiger partial charge on any atom is -0.463 e. The van der Waals surface area contributed by atoms with E-state index < -0.39 is 54.8 Å². The van der Waals surface area contributed by atoms with Gasteiger partial charge in [-0.2, -0.15) is 0 Å². The average Bonchev–Trinajstić information content (AvgIpc) is 3.98. The summed E-state index contributed by atoms with van der Waals surface area (Å²) in [6.45, 7) is 6.28. The van der Waals surface area contributed by atoms with E-state index in [4.69, 9.17) is 23.7 Å². The first-order valence-corrected chi connectivity index (χ1v) is 32.6. The normalized spacial score (nSPS) is 20.1. The molecule has 0 bridgehead atoms. The van der Waals surface area contributed by atoms with Crippen molar-refractivity contribution in [2.75, 3.05) is 26.4 Å². The number of esters is 3. The summed E-state index contributed by atoms with van der Waals surface area (Å²) in [7, 11) is 0.